The van der Waals surface area contributed by atoms with E-state index in [-0.39, 0.29) is 6.42 Å². The molecule has 0 bridgehead atoms. The number of pyridine rings is 2. The lowest BCUT2D eigenvalue weighted by Gasteiger charge is -2.16. The first kappa shape index (κ1) is 27.1. The molecule has 0 unspecified atom stereocenters. The van der Waals surface area contributed by atoms with Gasteiger partial charge in [0.05, 0.1) is 12.1 Å². The van der Waals surface area contributed by atoms with E-state index in [1.165, 1.54) is 5.56 Å². The minimum Gasteiger partial charge on any atom is -0.494 e. The lowest BCUT2D eigenvalue weighted by molar-refractivity contribution is 0.0626. The van der Waals surface area contributed by atoms with Crippen molar-refractivity contribution in [2.75, 3.05) is 12.3 Å². The SMILES string of the molecule is Cc1ccc2c(c1)nc(N)c1ncc(CCc3ccc(OCCCCCC(F)(F)P(O)O)cc3C)cc12. The van der Waals surface area contributed by atoms with Gasteiger partial charge in [-0.2, -0.15) is 8.78 Å². The fraction of sp³-hybridized carbons (Fsp3) is 0.357. The quantitative estimate of drug-likeness (QED) is 0.115. The minimum absolute atomic E-state index is 0.219. The number of hydrogen-bond acceptors (Lipinski definition) is 6. The van der Waals surface area contributed by atoms with Crippen LogP contribution in [0.5, 0.6) is 5.75 Å². The highest BCUT2D eigenvalue weighted by Crippen LogP contribution is 2.48. The van der Waals surface area contributed by atoms with Gasteiger partial charge < -0.3 is 20.3 Å². The molecule has 0 aliphatic carbocycles. The molecule has 2 aromatic carbocycles. The molecule has 37 heavy (non-hydrogen) atoms. The number of nitrogens with zero attached hydrogens (tertiary/aromatic N) is 2. The summed E-state index contributed by atoms with van der Waals surface area (Å²) in [4.78, 5) is 26.6. The van der Waals surface area contributed by atoms with Crippen molar-refractivity contribution in [3.8, 4) is 5.75 Å². The highest BCUT2D eigenvalue weighted by Gasteiger charge is 2.37. The van der Waals surface area contributed by atoms with Gasteiger partial charge >= 0.3 is 5.66 Å². The van der Waals surface area contributed by atoms with Gasteiger partial charge in [0, 0.05) is 23.4 Å². The average molecular weight is 528 g/mol. The number of rotatable bonds is 11. The third kappa shape index (κ3) is 6.69. The largest absolute Gasteiger partial charge is 0.494 e. The van der Waals surface area contributed by atoms with Crippen molar-refractivity contribution in [3.63, 3.8) is 0 Å². The predicted octanol–water partition coefficient (Wildman–Crippen LogP) is 6.60. The summed E-state index contributed by atoms with van der Waals surface area (Å²) < 4.78 is 32.2. The van der Waals surface area contributed by atoms with Crippen LogP contribution in [-0.2, 0) is 12.8 Å². The molecule has 0 saturated heterocycles. The van der Waals surface area contributed by atoms with Crippen LogP contribution in [0.25, 0.3) is 21.8 Å². The maximum atomic E-state index is 13.2. The van der Waals surface area contributed by atoms with Crippen molar-refractivity contribution in [2.45, 2.75) is 58.0 Å². The molecule has 6 nitrogen and oxygen atoms in total. The summed E-state index contributed by atoms with van der Waals surface area (Å²) in [5.41, 5.74) is 8.97. The Hall–Kier alpha value is -2.93. The van der Waals surface area contributed by atoms with Gasteiger partial charge in [-0.15, -0.1) is 0 Å². The predicted molar refractivity (Wildman–Crippen MR) is 145 cm³/mol. The molecule has 9 heteroatoms. The van der Waals surface area contributed by atoms with Crippen LogP contribution in [0, 0.1) is 13.8 Å². The maximum Gasteiger partial charge on any atom is 0.314 e. The molecule has 0 aliphatic rings. The minimum atomic E-state index is -3.40. The highest BCUT2D eigenvalue weighted by molar-refractivity contribution is 7.46. The second kappa shape index (κ2) is 11.6. The molecule has 2 aromatic heterocycles. The number of unbranched alkanes of at least 4 members (excludes halogenated alkanes) is 2. The Morgan fingerprint density at radius 2 is 1.78 bits per heavy atom. The van der Waals surface area contributed by atoms with Crippen LogP contribution >= 0.6 is 8.38 Å². The monoisotopic (exact) mass is 527 g/mol. The first-order valence-corrected chi connectivity index (χ1v) is 13.6. The molecule has 4 rings (SSSR count). The third-order valence-corrected chi connectivity index (χ3v) is 7.36. The smallest absolute Gasteiger partial charge is 0.314 e. The van der Waals surface area contributed by atoms with Crippen molar-refractivity contribution in [2.24, 2.45) is 0 Å². The summed E-state index contributed by atoms with van der Waals surface area (Å²) in [6.45, 7) is 4.51. The molecule has 0 saturated carbocycles. The zero-order valence-electron chi connectivity index (χ0n) is 21.0. The number of aryl methyl sites for hydroxylation is 4. The number of nitrogens with two attached hydrogens (primary N) is 1. The van der Waals surface area contributed by atoms with Crippen LogP contribution in [0.2, 0.25) is 0 Å². The molecule has 2 heterocycles. The first-order chi connectivity index (χ1) is 17.6. The van der Waals surface area contributed by atoms with Gasteiger partial charge in [0.2, 0.25) is 8.38 Å². The van der Waals surface area contributed by atoms with Crippen LogP contribution in [-0.4, -0.2) is 32.0 Å². The summed E-state index contributed by atoms with van der Waals surface area (Å²) >= 11 is 0. The van der Waals surface area contributed by atoms with Gasteiger partial charge in [0.25, 0.3) is 0 Å². The molecule has 0 aliphatic heterocycles. The van der Waals surface area contributed by atoms with E-state index in [4.69, 9.17) is 20.3 Å². The summed E-state index contributed by atoms with van der Waals surface area (Å²) in [6, 6.07) is 14.3. The van der Waals surface area contributed by atoms with Crippen molar-refractivity contribution in [3.05, 3.63) is 70.9 Å². The zero-order chi connectivity index (χ0) is 26.6. The number of aromatic nitrogens is 2. The van der Waals surface area contributed by atoms with Gasteiger partial charge in [0.15, 0.2) is 5.82 Å². The fourth-order valence-corrected chi connectivity index (χ4v) is 4.78. The Morgan fingerprint density at radius 3 is 2.54 bits per heavy atom. The molecule has 4 aromatic rings. The molecule has 0 fully saturated rings. The number of benzene rings is 2. The molecule has 0 atom stereocenters. The van der Waals surface area contributed by atoms with Gasteiger partial charge in [-0.1, -0.05) is 18.2 Å². The number of alkyl halides is 2. The summed E-state index contributed by atoms with van der Waals surface area (Å²) in [7, 11) is -3.22. The van der Waals surface area contributed by atoms with E-state index in [0.29, 0.717) is 25.3 Å². The molecular formula is C28H32F2N3O3P. The Kier molecular flexibility index (Phi) is 8.53. The summed E-state index contributed by atoms with van der Waals surface area (Å²) in [5.74, 6) is 1.19. The zero-order valence-corrected chi connectivity index (χ0v) is 21.9. The second-order valence-electron chi connectivity index (χ2n) is 9.46. The molecular weight excluding hydrogens is 495 g/mol. The van der Waals surface area contributed by atoms with Crippen molar-refractivity contribution >= 4 is 36.0 Å². The van der Waals surface area contributed by atoms with E-state index in [2.05, 4.69) is 34.2 Å². The van der Waals surface area contributed by atoms with Crippen LogP contribution in [0.15, 0.2) is 48.7 Å². The van der Waals surface area contributed by atoms with Crippen molar-refractivity contribution < 1.29 is 23.3 Å². The van der Waals surface area contributed by atoms with E-state index < -0.39 is 20.5 Å². The average Bonchev–Trinajstić information content (AvgIpc) is 2.85. The summed E-state index contributed by atoms with van der Waals surface area (Å²) in [5, 5.41) is 2.06. The van der Waals surface area contributed by atoms with Crippen LogP contribution in [0.4, 0.5) is 14.6 Å². The topological polar surface area (TPSA) is 101 Å². The molecule has 196 valence electrons. The van der Waals surface area contributed by atoms with Crippen LogP contribution in [0.3, 0.4) is 0 Å². The molecule has 4 N–H and O–H groups in total. The fourth-order valence-electron chi connectivity index (χ4n) is 4.42. The number of fused-ring (bicyclic) bond motifs is 3. The first-order valence-electron chi connectivity index (χ1n) is 12.4. The molecule has 0 amide bonds. The lowest BCUT2D eigenvalue weighted by atomic mass is 9.99. The van der Waals surface area contributed by atoms with Crippen LogP contribution < -0.4 is 10.5 Å². The van der Waals surface area contributed by atoms with Crippen molar-refractivity contribution in [1.29, 1.82) is 0 Å². The van der Waals surface area contributed by atoms with Crippen molar-refractivity contribution in [1.82, 2.24) is 9.97 Å². The standard InChI is InChI=1S/C28H32F2N3O3P/c1-18-6-11-23-24-16-20(17-32-26(24)27(31)33-25(23)14-18)7-8-21-9-10-22(15-19(21)2)36-13-5-3-4-12-28(29,30)37(34)35/h6,9-11,14-17,34-35H,3-5,7-8,12-13H2,1-2H3,(H2,31,33). The highest BCUT2D eigenvalue weighted by atomic mass is 31.2. The summed E-state index contributed by atoms with van der Waals surface area (Å²) in [6.07, 6.45) is 4.40. The molecule has 0 spiro atoms. The number of halogens is 2. The second-order valence-corrected chi connectivity index (χ2v) is 10.7. The van der Waals surface area contributed by atoms with Gasteiger partial charge in [-0.25, -0.2) is 4.98 Å². The lowest BCUT2D eigenvalue weighted by Crippen LogP contribution is -2.12. The molecule has 0 radical (unpaired) electrons. The maximum absolute atomic E-state index is 13.2. The van der Waals surface area contributed by atoms with E-state index in [9.17, 15) is 8.78 Å². The Labute approximate surface area is 216 Å². The van der Waals surface area contributed by atoms with Gasteiger partial charge in [-0.3, -0.25) is 4.98 Å². The normalized spacial score (nSPS) is 12.1. The Balaban J connectivity index is 1.33. The van der Waals surface area contributed by atoms with Crippen LogP contribution in [0.1, 0.15) is 47.9 Å². The van der Waals surface area contributed by atoms with E-state index in [1.54, 1.807) is 0 Å². The number of ether oxygens (including phenoxy) is 1. The van der Waals surface area contributed by atoms with Gasteiger partial charge in [-0.05, 0) is 92.5 Å². The Bertz CT molecular complexity index is 1400. The number of nitrogen functional groups attached to an aromatic ring is 1. The number of anilines is 1. The number of hydrogen-bond donors (Lipinski definition) is 3. The van der Waals surface area contributed by atoms with Gasteiger partial charge in [0.1, 0.15) is 11.3 Å². The van der Waals surface area contributed by atoms with E-state index in [0.717, 1.165) is 57.1 Å². The van der Waals surface area contributed by atoms with E-state index >= 15 is 0 Å². The van der Waals surface area contributed by atoms with E-state index in [1.807, 2.05) is 38.2 Å². The Morgan fingerprint density at radius 1 is 0.973 bits per heavy atom. The third-order valence-electron chi connectivity index (χ3n) is 6.55.